The molecule has 0 saturated heterocycles. The van der Waals surface area contributed by atoms with Gasteiger partial charge in [-0.05, 0) is 0 Å². The summed E-state index contributed by atoms with van der Waals surface area (Å²) in [5, 5.41) is 0. The summed E-state index contributed by atoms with van der Waals surface area (Å²) in [5.74, 6) is 0. The van der Waals surface area contributed by atoms with E-state index in [0.29, 0.717) is 0 Å². The summed E-state index contributed by atoms with van der Waals surface area (Å²) >= 11 is 0. The van der Waals surface area contributed by atoms with Crippen LogP contribution in [0.5, 0.6) is 0 Å². The largest absolute Gasteiger partial charge is 0 e. The first-order valence-corrected chi connectivity index (χ1v) is 0. The van der Waals surface area contributed by atoms with Crippen molar-refractivity contribution < 1.29 is 19.5 Å². The zero-order valence-corrected chi connectivity index (χ0v) is 6.00. The smallest absolute Gasteiger partial charge is 0 e. The zero-order chi connectivity index (χ0) is 0. The molecule has 0 saturated carbocycles. The van der Waals surface area contributed by atoms with Crippen molar-refractivity contribution in [3.8, 4) is 0 Å². The molecule has 0 nitrogen and oxygen atoms in total. The average molecular weight is 196 g/mol. The second-order valence-corrected chi connectivity index (χ2v) is 0. The Morgan fingerprint density at radius 2 is 0.500 bits per heavy atom. The molecule has 4 heteroatoms. The third-order valence-electron chi connectivity index (χ3n) is 0. The maximum atomic E-state index is 0. The molecule has 0 amide bonds. The van der Waals surface area contributed by atoms with E-state index in [1.165, 1.54) is 0 Å². The Balaban J connectivity index is 0. The molecule has 0 fully saturated rings. The summed E-state index contributed by atoms with van der Waals surface area (Å²) in [5.41, 5.74) is 0. The molecule has 0 atom stereocenters. The quantitative estimate of drug-likeness (QED) is 0.412. The molecule has 0 aromatic heterocycles. The summed E-state index contributed by atoms with van der Waals surface area (Å²) in [6, 6.07) is 0. The van der Waals surface area contributed by atoms with Gasteiger partial charge in [0, 0.05) is 49.2 Å². The van der Waals surface area contributed by atoms with E-state index in [1.54, 1.807) is 0 Å². The minimum absolute atomic E-state index is 0. The van der Waals surface area contributed by atoms with E-state index in [4.69, 9.17) is 0 Å². The normalized spacial score (nSPS) is 0. The monoisotopic (exact) mass is 196 g/mol. The molecule has 0 rings (SSSR count). The molecule has 4 heavy (non-hydrogen) atoms. The van der Waals surface area contributed by atoms with Gasteiger partial charge in [0.05, 0.1) is 0 Å². The van der Waals surface area contributed by atoms with Crippen LogP contribution in [0.15, 0.2) is 0 Å². The van der Waals surface area contributed by atoms with Crippen molar-refractivity contribution in [1.29, 1.82) is 0 Å². The van der Waals surface area contributed by atoms with Crippen molar-refractivity contribution in [2.24, 2.45) is 0 Å². The molecular weight excluding hydrogens is 196 g/mol. The van der Waals surface area contributed by atoms with Crippen molar-refractivity contribution in [1.82, 2.24) is 0 Å². The number of rotatable bonds is 0. The van der Waals surface area contributed by atoms with E-state index in [2.05, 4.69) is 0 Å². The molecular formula is P3Rh. The van der Waals surface area contributed by atoms with Crippen LogP contribution in [0.1, 0.15) is 0 Å². The van der Waals surface area contributed by atoms with Crippen molar-refractivity contribution in [3.05, 3.63) is 0 Å². The Hall–Kier alpha value is 1.91. The van der Waals surface area contributed by atoms with Gasteiger partial charge in [-0.15, -0.1) is 0 Å². The Morgan fingerprint density at radius 1 is 0.500 bits per heavy atom. The van der Waals surface area contributed by atoms with Gasteiger partial charge in [-0.2, -0.15) is 0 Å². The van der Waals surface area contributed by atoms with Crippen LogP contribution < -0.4 is 0 Å². The van der Waals surface area contributed by atoms with E-state index in [0.717, 1.165) is 0 Å². The predicted octanol–water partition coefficient (Wildman–Crippen LogP) is 2.58. The maximum Gasteiger partial charge on any atom is 0 e. The fraction of sp³-hybridized carbons (Fsp3) is 0. The molecule has 0 aromatic rings. The molecule has 0 aliphatic heterocycles. The van der Waals surface area contributed by atoms with Gasteiger partial charge in [-0.25, -0.2) is 0 Å². The molecule has 0 spiro atoms. The third kappa shape index (κ3) is 9.07. The van der Waals surface area contributed by atoms with Gasteiger partial charge in [-0.1, -0.05) is 0 Å². The molecule has 0 aliphatic rings. The Bertz CT molecular complexity index is 3.25. The molecule has 0 aliphatic carbocycles. The molecule has 10 radical (unpaired) electrons. The van der Waals surface area contributed by atoms with E-state index < -0.39 is 0 Å². The first-order valence-electron chi connectivity index (χ1n) is 0. The molecule has 0 bridgehead atoms. The minimum atomic E-state index is 0. The summed E-state index contributed by atoms with van der Waals surface area (Å²) in [6.07, 6.45) is 0. The van der Waals surface area contributed by atoms with Crippen LogP contribution in [-0.2, 0) is 19.5 Å². The second-order valence-electron chi connectivity index (χ2n) is 0. The standard InChI is InChI=1S/3P.Rh. The van der Waals surface area contributed by atoms with E-state index in [9.17, 15) is 0 Å². The molecule has 0 heterocycles. The van der Waals surface area contributed by atoms with Crippen LogP contribution >= 0.6 is 29.7 Å². The van der Waals surface area contributed by atoms with Gasteiger partial charge in [0.1, 0.15) is 0 Å². The number of hydrogen-bond acceptors (Lipinski definition) is 0. The van der Waals surface area contributed by atoms with Crippen LogP contribution in [-0.4, -0.2) is 0 Å². The average Bonchev–Trinajstić information content (AvgIpc) is 0. The van der Waals surface area contributed by atoms with Crippen LogP contribution in [0.3, 0.4) is 0 Å². The Kier molecular flexibility index (Phi) is 200. The fourth-order valence-corrected chi connectivity index (χ4v) is 0. The summed E-state index contributed by atoms with van der Waals surface area (Å²) < 4.78 is 0. The van der Waals surface area contributed by atoms with Crippen molar-refractivity contribution >= 4 is 29.7 Å². The van der Waals surface area contributed by atoms with Crippen molar-refractivity contribution in [2.45, 2.75) is 0 Å². The first-order chi connectivity index (χ1) is 0. The van der Waals surface area contributed by atoms with E-state index in [1.807, 2.05) is 0 Å². The molecule has 0 aromatic carbocycles. The van der Waals surface area contributed by atoms with Gasteiger partial charge in [0.25, 0.3) is 0 Å². The first kappa shape index (κ1) is 39.0. The summed E-state index contributed by atoms with van der Waals surface area (Å²) in [7, 11) is 0. The predicted molar refractivity (Wildman–Crippen MR) is 20.8 cm³/mol. The van der Waals surface area contributed by atoms with Gasteiger partial charge in [0.15, 0.2) is 0 Å². The van der Waals surface area contributed by atoms with Crippen LogP contribution in [0.4, 0.5) is 0 Å². The molecule has 0 unspecified atom stereocenters. The van der Waals surface area contributed by atoms with Crippen LogP contribution in [0.2, 0.25) is 0 Å². The minimum Gasteiger partial charge on any atom is 0 e. The third-order valence-corrected chi connectivity index (χ3v) is 0. The second kappa shape index (κ2) is 20.6. The van der Waals surface area contributed by atoms with Gasteiger partial charge in [0.2, 0.25) is 0 Å². The van der Waals surface area contributed by atoms with Gasteiger partial charge < -0.3 is 0 Å². The molecule has 24 valence electrons. The summed E-state index contributed by atoms with van der Waals surface area (Å²) in [4.78, 5) is 0. The number of hydrogen-bond donors (Lipinski definition) is 0. The van der Waals surface area contributed by atoms with E-state index in [-0.39, 0.29) is 49.2 Å². The van der Waals surface area contributed by atoms with E-state index >= 15 is 0 Å². The van der Waals surface area contributed by atoms with Crippen LogP contribution in [0, 0.1) is 0 Å². The van der Waals surface area contributed by atoms with Crippen molar-refractivity contribution in [2.75, 3.05) is 0 Å². The topological polar surface area (TPSA) is 0 Å². The van der Waals surface area contributed by atoms with Gasteiger partial charge >= 0.3 is 0 Å². The SMILES string of the molecule is [P].[P].[P].[Rh]. The zero-order valence-electron chi connectivity index (χ0n) is 1.67. The van der Waals surface area contributed by atoms with Crippen molar-refractivity contribution in [3.63, 3.8) is 0 Å². The Labute approximate surface area is 49.5 Å². The maximum absolute atomic E-state index is 0. The summed E-state index contributed by atoms with van der Waals surface area (Å²) in [6.45, 7) is 0. The Morgan fingerprint density at radius 3 is 0.500 bits per heavy atom. The van der Waals surface area contributed by atoms with Gasteiger partial charge in [-0.3, -0.25) is 0 Å². The van der Waals surface area contributed by atoms with Crippen LogP contribution in [0.25, 0.3) is 0 Å². The fourth-order valence-electron chi connectivity index (χ4n) is 0. The molecule has 0 N–H and O–H groups in total.